The molecule has 0 aliphatic carbocycles. The van der Waals surface area contributed by atoms with Crippen LogP contribution in [0.2, 0.25) is 0 Å². The largest absolute Gasteiger partial charge is 0.102 e. The summed E-state index contributed by atoms with van der Waals surface area (Å²) >= 11 is 0. The highest BCUT2D eigenvalue weighted by Gasteiger charge is 2.00. The van der Waals surface area contributed by atoms with Crippen molar-refractivity contribution in [1.29, 1.82) is 0 Å². The molecule has 0 amide bonds. The molecule has 0 saturated heterocycles. The second-order valence-corrected chi connectivity index (χ2v) is 8.14. The van der Waals surface area contributed by atoms with Gasteiger partial charge in [-0.1, -0.05) is 30.3 Å². The van der Waals surface area contributed by atoms with Crippen LogP contribution in [0.25, 0.3) is 10.9 Å². The molecule has 2 aromatic rings. The van der Waals surface area contributed by atoms with E-state index in [9.17, 15) is 0 Å². The Labute approximate surface area is 77.1 Å². The fourth-order valence-electron chi connectivity index (χ4n) is 1.15. The van der Waals surface area contributed by atoms with Crippen molar-refractivity contribution < 1.29 is 0 Å². The Bertz CT molecular complexity index is 364. The number of aryl methyl sites for hydroxylation is 1. The first-order valence-electron chi connectivity index (χ1n) is 3.81. The fraction of sp³-hybridized carbons (Fsp3) is 0.111. The minimum Gasteiger partial charge on any atom is -0.102 e. The molecule has 1 aromatic heterocycles. The van der Waals surface area contributed by atoms with Gasteiger partial charge in [-0.25, -0.2) is 0 Å². The first kappa shape index (κ1) is 8.46. The summed E-state index contributed by atoms with van der Waals surface area (Å²) in [7, 11) is 4.09. The van der Waals surface area contributed by atoms with Gasteiger partial charge < -0.3 is 0 Å². The molecular formula is C9H9P3. The van der Waals surface area contributed by atoms with Gasteiger partial charge in [0.2, 0.25) is 0 Å². The van der Waals surface area contributed by atoms with E-state index in [-0.39, 0.29) is 0 Å². The second-order valence-electron chi connectivity index (χ2n) is 2.65. The maximum atomic E-state index is 2.26. The third-order valence-electron chi connectivity index (χ3n) is 1.77. The van der Waals surface area contributed by atoms with Gasteiger partial charge in [0.1, 0.15) is 0 Å². The van der Waals surface area contributed by atoms with E-state index in [4.69, 9.17) is 0 Å². The predicted octanol–water partition coefficient (Wildman–Crippen LogP) is 4.85. The Morgan fingerprint density at radius 2 is 1.92 bits per heavy atom. The van der Waals surface area contributed by atoms with Crippen molar-refractivity contribution in [1.82, 2.24) is 0 Å². The lowest BCUT2D eigenvalue weighted by atomic mass is 10.2. The summed E-state index contributed by atoms with van der Waals surface area (Å²) in [5.74, 6) is 0. The van der Waals surface area contributed by atoms with Gasteiger partial charge in [-0.2, -0.15) is 0 Å². The summed E-state index contributed by atoms with van der Waals surface area (Å²) in [6.45, 7) is 2.26. The summed E-state index contributed by atoms with van der Waals surface area (Å²) in [6.07, 6.45) is 0. The molecule has 1 atom stereocenters. The van der Waals surface area contributed by atoms with Crippen LogP contribution in [0.4, 0.5) is 0 Å². The monoisotopic (exact) mass is 210 g/mol. The molecule has 0 saturated carbocycles. The first-order chi connectivity index (χ1) is 5.88. The van der Waals surface area contributed by atoms with Crippen LogP contribution in [-0.4, -0.2) is 0 Å². The molecule has 0 spiro atoms. The highest BCUT2D eigenvalue weighted by molar-refractivity contribution is 8.18. The standard InChI is InChI=1S/C9H9P3/c1-7-9(11-12-10-7)8-5-3-2-4-6-8/h2-6,10H,1H3. The van der Waals surface area contributed by atoms with Gasteiger partial charge in [0, 0.05) is 5.30 Å². The van der Waals surface area contributed by atoms with Gasteiger partial charge in [0.05, 0.1) is 0 Å². The summed E-state index contributed by atoms with van der Waals surface area (Å²) in [6, 6.07) is 10.7. The van der Waals surface area contributed by atoms with Crippen molar-refractivity contribution in [2.75, 3.05) is 0 Å². The van der Waals surface area contributed by atoms with Crippen LogP contribution in [0.15, 0.2) is 30.3 Å². The quantitative estimate of drug-likeness (QED) is 0.630. The van der Waals surface area contributed by atoms with Gasteiger partial charge in [0.25, 0.3) is 0 Å². The minimum absolute atomic E-state index is 1.03. The van der Waals surface area contributed by atoms with E-state index in [0.717, 1.165) is 7.87 Å². The lowest BCUT2D eigenvalue weighted by Gasteiger charge is -1.97. The lowest BCUT2D eigenvalue weighted by molar-refractivity contribution is 1.62. The van der Waals surface area contributed by atoms with Crippen LogP contribution in [0.5, 0.6) is 0 Å². The number of hydrogen-bond acceptors (Lipinski definition) is 0. The van der Waals surface area contributed by atoms with E-state index in [1.807, 2.05) is 0 Å². The third-order valence-corrected chi connectivity index (χ3v) is 7.57. The molecule has 0 radical (unpaired) electrons. The highest BCUT2D eigenvalue weighted by Crippen LogP contribution is 2.46. The van der Waals surface area contributed by atoms with Gasteiger partial charge in [-0.15, -0.1) is 7.87 Å². The van der Waals surface area contributed by atoms with E-state index >= 15 is 0 Å². The zero-order valence-corrected chi connectivity index (χ0v) is 9.57. The van der Waals surface area contributed by atoms with E-state index in [1.165, 1.54) is 13.4 Å². The molecule has 12 heavy (non-hydrogen) atoms. The van der Waals surface area contributed by atoms with Crippen molar-refractivity contribution in [3.63, 3.8) is 0 Å². The van der Waals surface area contributed by atoms with Crippen LogP contribution >= 0.6 is 23.3 Å². The number of rotatable bonds is 1. The van der Waals surface area contributed by atoms with Gasteiger partial charge in [-0.05, 0) is 33.2 Å². The molecule has 1 heterocycles. The SMILES string of the molecule is Cc1[pH]ppc1-c1ccccc1. The van der Waals surface area contributed by atoms with Crippen molar-refractivity contribution >= 4 is 23.3 Å². The van der Waals surface area contributed by atoms with E-state index < -0.39 is 0 Å². The normalized spacial score (nSPS) is 12.1. The van der Waals surface area contributed by atoms with Crippen LogP contribution in [0.3, 0.4) is 0 Å². The average Bonchev–Trinajstić information content (AvgIpc) is 2.53. The highest BCUT2D eigenvalue weighted by atomic mass is 32.1. The van der Waals surface area contributed by atoms with Crippen LogP contribution in [-0.2, 0) is 0 Å². The number of hydrogen-bond donors (Lipinski definition) is 0. The smallest absolute Gasteiger partial charge is 0.0208 e. The van der Waals surface area contributed by atoms with Crippen molar-refractivity contribution in [3.05, 3.63) is 35.6 Å². The first-order valence-corrected chi connectivity index (χ1v) is 8.14. The summed E-state index contributed by atoms with van der Waals surface area (Å²) in [4.78, 5) is 0. The Hall–Kier alpha value is -0.140. The molecule has 0 nitrogen and oxygen atoms in total. The molecule has 0 aliphatic heterocycles. The fourth-order valence-corrected chi connectivity index (χ4v) is 7.73. The van der Waals surface area contributed by atoms with E-state index in [2.05, 4.69) is 37.3 Å². The minimum atomic E-state index is 1.03. The topological polar surface area (TPSA) is 0 Å². The van der Waals surface area contributed by atoms with E-state index in [0.29, 0.717) is 0 Å². The summed E-state index contributed by atoms with van der Waals surface area (Å²) < 4.78 is 0. The second kappa shape index (κ2) is 3.71. The van der Waals surface area contributed by atoms with E-state index in [1.54, 1.807) is 18.1 Å². The lowest BCUT2D eigenvalue weighted by Crippen LogP contribution is -1.70. The Balaban J connectivity index is 2.51. The molecule has 0 aliphatic rings. The molecule has 60 valence electrons. The zero-order chi connectivity index (χ0) is 8.39. The summed E-state index contributed by atoms with van der Waals surface area (Å²) in [5, 5.41) is 3.14. The van der Waals surface area contributed by atoms with Gasteiger partial charge in [0.15, 0.2) is 0 Å². The van der Waals surface area contributed by atoms with Crippen molar-refractivity contribution in [2.24, 2.45) is 0 Å². The Morgan fingerprint density at radius 3 is 2.50 bits per heavy atom. The Morgan fingerprint density at radius 1 is 1.17 bits per heavy atom. The number of benzene rings is 1. The van der Waals surface area contributed by atoms with Crippen LogP contribution in [0.1, 0.15) is 5.30 Å². The van der Waals surface area contributed by atoms with Crippen molar-refractivity contribution in [2.45, 2.75) is 6.92 Å². The molecule has 3 heteroatoms. The van der Waals surface area contributed by atoms with Crippen LogP contribution < -0.4 is 0 Å². The predicted molar refractivity (Wildman–Crippen MR) is 61.1 cm³/mol. The zero-order valence-electron chi connectivity index (χ0n) is 6.78. The summed E-state index contributed by atoms with van der Waals surface area (Å²) in [5.41, 5.74) is 1.41. The molecular weight excluding hydrogens is 201 g/mol. The maximum Gasteiger partial charge on any atom is 0.0208 e. The molecule has 0 bridgehead atoms. The van der Waals surface area contributed by atoms with Crippen molar-refractivity contribution in [3.8, 4) is 10.9 Å². The third kappa shape index (κ3) is 1.62. The molecule has 0 N–H and O–H groups in total. The van der Waals surface area contributed by atoms with Gasteiger partial charge in [-0.3, -0.25) is 0 Å². The van der Waals surface area contributed by atoms with Crippen LogP contribution in [0, 0.1) is 6.92 Å². The average molecular weight is 210 g/mol. The maximum absolute atomic E-state index is 2.26. The Kier molecular flexibility index (Phi) is 2.62. The molecule has 1 unspecified atom stereocenters. The molecule has 1 aromatic carbocycles. The van der Waals surface area contributed by atoms with Gasteiger partial charge >= 0.3 is 0 Å². The molecule has 0 fully saturated rings. The molecule has 2 rings (SSSR count).